The summed E-state index contributed by atoms with van der Waals surface area (Å²) in [6.07, 6.45) is 0. The first-order chi connectivity index (χ1) is 13.7. The predicted octanol–water partition coefficient (Wildman–Crippen LogP) is 2.97. The summed E-state index contributed by atoms with van der Waals surface area (Å²) in [4.78, 5) is 12.4. The van der Waals surface area contributed by atoms with Gasteiger partial charge >= 0.3 is 0 Å². The summed E-state index contributed by atoms with van der Waals surface area (Å²) in [5.41, 5.74) is 4.66. The van der Waals surface area contributed by atoms with Crippen molar-refractivity contribution in [2.75, 3.05) is 13.7 Å². The van der Waals surface area contributed by atoms with E-state index in [1.54, 1.807) is 7.11 Å². The van der Waals surface area contributed by atoms with Gasteiger partial charge in [0.15, 0.2) is 6.54 Å². The van der Waals surface area contributed by atoms with Crippen molar-refractivity contribution in [1.29, 1.82) is 0 Å². The van der Waals surface area contributed by atoms with E-state index in [-0.39, 0.29) is 11.9 Å². The summed E-state index contributed by atoms with van der Waals surface area (Å²) in [6, 6.07) is 26.6. The van der Waals surface area contributed by atoms with Crippen molar-refractivity contribution in [3.05, 3.63) is 101 Å². The third-order valence-corrected chi connectivity index (χ3v) is 4.78. The molecule has 144 valence electrons. The zero-order chi connectivity index (χ0) is 19.8. The topological polar surface area (TPSA) is 54.9 Å². The number of methoxy groups -OCH3 is 1. The van der Waals surface area contributed by atoms with E-state index in [1.165, 1.54) is 16.7 Å². The molecule has 4 nitrogen and oxygen atoms in total. The van der Waals surface area contributed by atoms with Crippen molar-refractivity contribution in [3.8, 4) is 5.75 Å². The molecule has 4 heteroatoms. The lowest BCUT2D eigenvalue weighted by atomic mass is 9.98. The van der Waals surface area contributed by atoms with Gasteiger partial charge in [-0.15, -0.1) is 0 Å². The van der Waals surface area contributed by atoms with E-state index in [0.29, 0.717) is 13.1 Å². The molecular weight excluding hydrogens is 348 g/mol. The summed E-state index contributed by atoms with van der Waals surface area (Å²) < 4.78 is 5.16. The van der Waals surface area contributed by atoms with Crippen molar-refractivity contribution in [3.63, 3.8) is 0 Å². The molecule has 0 bridgehead atoms. The first kappa shape index (κ1) is 19.6. The Morgan fingerprint density at radius 1 is 0.929 bits per heavy atom. The molecule has 0 spiro atoms. The molecule has 0 aliphatic carbocycles. The maximum Gasteiger partial charge on any atom is 0.275 e. The van der Waals surface area contributed by atoms with Gasteiger partial charge in [0.25, 0.3) is 5.91 Å². The van der Waals surface area contributed by atoms with E-state index >= 15 is 0 Å². The predicted molar refractivity (Wildman–Crippen MR) is 111 cm³/mol. The van der Waals surface area contributed by atoms with Gasteiger partial charge in [0.1, 0.15) is 11.8 Å². The number of carbonyl (C=O) groups is 1. The number of aryl methyl sites for hydroxylation is 1. The van der Waals surface area contributed by atoms with E-state index in [9.17, 15) is 4.79 Å². The smallest absolute Gasteiger partial charge is 0.275 e. The number of benzene rings is 3. The van der Waals surface area contributed by atoms with Gasteiger partial charge in [0.05, 0.1) is 7.11 Å². The Kier molecular flexibility index (Phi) is 6.82. The molecule has 1 atom stereocenters. The minimum absolute atomic E-state index is 0.0175. The first-order valence-corrected chi connectivity index (χ1v) is 9.50. The molecule has 1 amide bonds. The Labute approximate surface area is 166 Å². The van der Waals surface area contributed by atoms with Crippen LogP contribution in [0.25, 0.3) is 0 Å². The van der Waals surface area contributed by atoms with Crippen molar-refractivity contribution >= 4 is 5.91 Å². The molecule has 0 unspecified atom stereocenters. The van der Waals surface area contributed by atoms with E-state index in [0.717, 1.165) is 11.3 Å². The van der Waals surface area contributed by atoms with Crippen LogP contribution in [0.2, 0.25) is 0 Å². The maximum absolute atomic E-state index is 12.4. The van der Waals surface area contributed by atoms with Crippen LogP contribution in [0.1, 0.15) is 28.3 Å². The highest BCUT2D eigenvalue weighted by molar-refractivity contribution is 5.76. The highest BCUT2D eigenvalue weighted by atomic mass is 16.5. The van der Waals surface area contributed by atoms with Gasteiger partial charge < -0.3 is 15.4 Å². The molecular formula is C24H27N2O2+. The van der Waals surface area contributed by atoms with Crippen LogP contribution in [-0.4, -0.2) is 19.6 Å². The number of hydrogen-bond donors (Lipinski definition) is 2. The van der Waals surface area contributed by atoms with E-state index in [1.807, 2.05) is 42.5 Å². The monoisotopic (exact) mass is 375 g/mol. The van der Waals surface area contributed by atoms with Crippen molar-refractivity contribution in [2.45, 2.75) is 19.5 Å². The van der Waals surface area contributed by atoms with Gasteiger partial charge in [-0.2, -0.15) is 0 Å². The summed E-state index contributed by atoms with van der Waals surface area (Å²) in [5, 5.41) is 5.08. The zero-order valence-corrected chi connectivity index (χ0v) is 16.4. The molecule has 0 saturated heterocycles. The Balaban J connectivity index is 1.61. The van der Waals surface area contributed by atoms with Crippen LogP contribution >= 0.6 is 0 Å². The van der Waals surface area contributed by atoms with Gasteiger partial charge in [-0.1, -0.05) is 72.3 Å². The van der Waals surface area contributed by atoms with E-state index in [4.69, 9.17) is 4.74 Å². The highest BCUT2D eigenvalue weighted by Gasteiger charge is 2.18. The fourth-order valence-corrected chi connectivity index (χ4v) is 3.14. The molecule has 0 aliphatic rings. The van der Waals surface area contributed by atoms with Crippen LogP contribution in [0.4, 0.5) is 0 Å². The molecule has 0 aromatic heterocycles. The number of nitrogens with two attached hydrogens (primary N) is 1. The van der Waals surface area contributed by atoms with Crippen molar-refractivity contribution in [1.82, 2.24) is 5.32 Å². The fraction of sp³-hybridized carbons (Fsp3) is 0.208. The molecule has 3 rings (SSSR count). The van der Waals surface area contributed by atoms with Crippen LogP contribution in [0.5, 0.6) is 5.75 Å². The maximum atomic E-state index is 12.4. The Morgan fingerprint density at radius 2 is 1.57 bits per heavy atom. The van der Waals surface area contributed by atoms with E-state index in [2.05, 4.69) is 54.0 Å². The number of quaternary nitrogens is 1. The molecule has 28 heavy (non-hydrogen) atoms. The number of rotatable bonds is 8. The van der Waals surface area contributed by atoms with E-state index < -0.39 is 0 Å². The van der Waals surface area contributed by atoms with Gasteiger partial charge in [0, 0.05) is 17.7 Å². The molecule has 0 fully saturated rings. The summed E-state index contributed by atoms with van der Waals surface area (Å²) in [7, 11) is 1.64. The number of carbonyl (C=O) groups excluding carboxylic acids is 1. The van der Waals surface area contributed by atoms with Gasteiger partial charge in [-0.25, -0.2) is 0 Å². The largest absolute Gasteiger partial charge is 0.497 e. The lowest BCUT2D eigenvalue weighted by Gasteiger charge is -2.17. The lowest BCUT2D eigenvalue weighted by molar-refractivity contribution is -0.676. The van der Waals surface area contributed by atoms with Gasteiger partial charge in [-0.05, 0) is 24.6 Å². The zero-order valence-electron chi connectivity index (χ0n) is 16.4. The lowest BCUT2D eigenvalue weighted by Crippen LogP contribution is -2.87. The standard InChI is InChI=1S/C24H26N2O2/c1-18-8-12-21(13-9-18)24(20-6-4-3-5-7-20)26-17-23(27)25-16-19-10-14-22(28-2)15-11-19/h3-15,24,26H,16-17H2,1-2H3,(H,25,27)/p+1/t24-/m0/s1. The molecule has 0 radical (unpaired) electrons. The second-order valence-electron chi connectivity index (χ2n) is 6.86. The molecule has 3 aromatic carbocycles. The average molecular weight is 375 g/mol. The summed E-state index contributed by atoms with van der Waals surface area (Å²) in [5.74, 6) is 0.830. The Morgan fingerprint density at radius 3 is 2.21 bits per heavy atom. The van der Waals surface area contributed by atoms with Crippen LogP contribution in [0.3, 0.4) is 0 Å². The summed E-state index contributed by atoms with van der Waals surface area (Å²) >= 11 is 0. The SMILES string of the molecule is COc1ccc(CNC(=O)C[NH2+][C@@H](c2ccccc2)c2ccc(C)cc2)cc1. The first-order valence-electron chi connectivity index (χ1n) is 9.50. The molecule has 3 N–H and O–H groups in total. The van der Waals surface area contributed by atoms with Crippen molar-refractivity contribution in [2.24, 2.45) is 0 Å². The third-order valence-electron chi connectivity index (χ3n) is 4.78. The average Bonchev–Trinajstić information content (AvgIpc) is 2.75. The number of hydrogen-bond acceptors (Lipinski definition) is 2. The molecule has 0 heterocycles. The Bertz CT molecular complexity index is 875. The molecule has 0 aliphatic heterocycles. The fourth-order valence-electron chi connectivity index (χ4n) is 3.14. The third kappa shape index (κ3) is 5.44. The van der Waals surface area contributed by atoms with Gasteiger partial charge in [-0.3, -0.25) is 4.79 Å². The molecule has 3 aromatic rings. The highest BCUT2D eigenvalue weighted by Crippen LogP contribution is 2.18. The van der Waals surface area contributed by atoms with Crippen LogP contribution in [-0.2, 0) is 11.3 Å². The Hall–Kier alpha value is -3.11. The normalized spacial score (nSPS) is 11.6. The minimum atomic E-state index is 0.0175. The number of amides is 1. The van der Waals surface area contributed by atoms with Crippen molar-refractivity contribution < 1.29 is 14.8 Å². The quantitative estimate of drug-likeness (QED) is 0.636. The molecule has 0 saturated carbocycles. The second-order valence-corrected chi connectivity index (χ2v) is 6.86. The number of ether oxygens (including phenoxy) is 1. The van der Waals surface area contributed by atoms with Crippen LogP contribution in [0, 0.1) is 6.92 Å². The van der Waals surface area contributed by atoms with Crippen LogP contribution < -0.4 is 15.4 Å². The van der Waals surface area contributed by atoms with Gasteiger partial charge in [0.2, 0.25) is 0 Å². The summed E-state index contributed by atoms with van der Waals surface area (Å²) in [6.45, 7) is 2.96. The second kappa shape index (κ2) is 9.72. The minimum Gasteiger partial charge on any atom is -0.497 e. The number of nitrogens with one attached hydrogen (secondary N) is 1. The van der Waals surface area contributed by atoms with Crippen LogP contribution in [0.15, 0.2) is 78.9 Å².